The van der Waals surface area contributed by atoms with Gasteiger partial charge in [-0.25, -0.2) is 4.98 Å². The summed E-state index contributed by atoms with van der Waals surface area (Å²) in [6, 6.07) is 3.81. The number of aromatic nitrogens is 1. The maximum atomic E-state index is 8.74. The smallest absolute Gasteiger partial charge is 0.131 e. The van der Waals surface area contributed by atoms with E-state index in [0.717, 1.165) is 37.7 Å². The third kappa shape index (κ3) is 3.43. The van der Waals surface area contributed by atoms with Crippen LogP contribution in [0.15, 0.2) is 18.2 Å². The van der Waals surface area contributed by atoms with E-state index >= 15 is 0 Å². The summed E-state index contributed by atoms with van der Waals surface area (Å²) in [5.74, 6) is 0. The van der Waals surface area contributed by atoms with Crippen LogP contribution in [0.1, 0.15) is 5.69 Å². The molecule has 5 heteroatoms. The Balaban J connectivity index is 2.20. The molecule has 92 valence electrons. The van der Waals surface area contributed by atoms with Gasteiger partial charge in [-0.2, -0.15) is 0 Å². The average molecular weight is 255 g/mol. The van der Waals surface area contributed by atoms with E-state index in [1.54, 1.807) is 12.2 Å². The van der Waals surface area contributed by atoms with Crippen molar-refractivity contribution in [3.8, 4) is 0 Å². The van der Waals surface area contributed by atoms with E-state index < -0.39 is 0 Å². The molecule has 4 nitrogen and oxygen atoms in total. The first kappa shape index (κ1) is 12.4. The first-order valence-corrected chi connectivity index (χ1v) is 5.95. The Kier molecular flexibility index (Phi) is 4.36. The van der Waals surface area contributed by atoms with Crippen molar-refractivity contribution in [2.24, 2.45) is 0 Å². The molecule has 0 radical (unpaired) electrons. The standard InChI is InChI=1S/C12H15ClN2O2/c13-12-9-11(15-3-6-17-7-4-15)8-10(14-12)2-1-5-16/h1-2,8-9,16H,3-7H2. The van der Waals surface area contributed by atoms with Crippen molar-refractivity contribution >= 4 is 23.4 Å². The van der Waals surface area contributed by atoms with E-state index in [1.807, 2.05) is 12.1 Å². The summed E-state index contributed by atoms with van der Waals surface area (Å²) in [5, 5.41) is 9.20. The molecule has 1 aromatic rings. The van der Waals surface area contributed by atoms with E-state index in [0.29, 0.717) is 5.15 Å². The highest BCUT2D eigenvalue weighted by Crippen LogP contribution is 2.21. The van der Waals surface area contributed by atoms with E-state index in [2.05, 4.69) is 9.88 Å². The molecule has 1 N–H and O–H groups in total. The van der Waals surface area contributed by atoms with Gasteiger partial charge in [0.1, 0.15) is 5.15 Å². The summed E-state index contributed by atoms with van der Waals surface area (Å²) in [5.41, 5.74) is 1.80. The van der Waals surface area contributed by atoms with Crippen molar-refractivity contribution in [3.05, 3.63) is 29.1 Å². The second-order valence-electron chi connectivity index (χ2n) is 3.76. The van der Waals surface area contributed by atoms with Crippen molar-refractivity contribution < 1.29 is 9.84 Å². The first-order chi connectivity index (χ1) is 8.29. The maximum absolute atomic E-state index is 8.74. The molecule has 0 saturated carbocycles. The van der Waals surface area contributed by atoms with Crippen LogP contribution in [0.3, 0.4) is 0 Å². The number of rotatable bonds is 3. The minimum Gasteiger partial charge on any atom is -0.392 e. The van der Waals surface area contributed by atoms with Crippen molar-refractivity contribution in [1.29, 1.82) is 0 Å². The minimum absolute atomic E-state index is 0.00107. The third-order valence-corrected chi connectivity index (χ3v) is 2.76. The van der Waals surface area contributed by atoms with E-state index in [1.165, 1.54) is 0 Å². The van der Waals surface area contributed by atoms with Gasteiger partial charge >= 0.3 is 0 Å². The Morgan fingerprint density at radius 3 is 2.88 bits per heavy atom. The van der Waals surface area contributed by atoms with Crippen molar-refractivity contribution in [2.45, 2.75) is 0 Å². The predicted molar refractivity (Wildman–Crippen MR) is 68.4 cm³/mol. The number of hydrogen-bond acceptors (Lipinski definition) is 4. The quantitative estimate of drug-likeness (QED) is 0.832. The average Bonchev–Trinajstić information content (AvgIpc) is 2.37. The topological polar surface area (TPSA) is 45.6 Å². The summed E-state index contributed by atoms with van der Waals surface area (Å²) in [4.78, 5) is 6.39. The zero-order valence-electron chi connectivity index (χ0n) is 9.47. The Morgan fingerprint density at radius 2 is 2.18 bits per heavy atom. The molecule has 1 aromatic heterocycles. The molecule has 1 aliphatic rings. The van der Waals surface area contributed by atoms with Gasteiger partial charge < -0.3 is 14.7 Å². The van der Waals surface area contributed by atoms with Crippen LogP contribution in [0.25, 0.3) is 6.08 Å². The number of pyridine rings is 1. The molecule has 0 aliphatic carbocycles. The molecule has 0 bridgehead atoms. The Morgan fingerprint density at radius 1 is 1.41 bits per heavy atom. The lowest BCUT2D eigenvalue weighted by molar-refractivity contribution is 0.122. The largest absolute Gasteiger partial charge is 0.392 e. The number of ether oxygens (including phenoxy) is 1. The van der Waals surface area contributed by atoms with Gasteiger partial charge in [0.2, 0.25) is 0 Å². The van der Waals surface area contributed by atoms with Gasteiger partial charge in [-0.15, -0.1) is 0 Å². The summed E-state index contributed by atoms with van der Waals surface area (Å²) in [7, 11) is 0. The number of nitrogens with zero attached hydrogens (tertiary/aromatic N) is 2. The molecule has 0 amide bonds. The second-order valence-corrected chi connectivity index (χ2v) is 4.14. The highest BCUT2D eigenvalue weighted by molar-refractivity contribution is 6.29. The zero-order valence-corrected chi connectivity index (χ0v) is 10.2. The molecule has 0 aromatic carbocycles. The Hall–Kier alpha value is -1.10. The van der Waals surface area contributed by atoms with Crippen LogP contribution in [0, 0.1) is 0 Å². The number of morpholine rings is 1. The van der Waals surface area contributed by atoms with Gasteiger partial charge in [0.05, 0.1) is 25.5 Å². The van der Waals surface area contributed by atoms with Gasteiger partial charge in [0, 0.05) is 18.8 Å². The van der Waals surface area contributed by atoms with Gasteiger partial charge in [0.25, 0.3) is 0 Å². The number of hydrogen-bond donors (Lipinski definition) is 1. The highest BCUT2D eigenvalue weighted by atomic mass is 35.5. The second kappa shape index (κ2) is 6.00. The van der Waals surface area contributed by atoms with Crippen LogP contribution in [0.2, 0.25) is 5.15 Å². The predicted octanol–water partition coefficient (Wildman–Crippen LogP) is 1.58. The zero-order chi connectivity index (χ0) is 12.1. The SMILES string of the molecule is OCC=Cc1cc(N2CCOCC2)cc(Cl)n1. The molecule has 1 saturated heterocycles. The summed E-state index contributed by atoms with van der Waals surface area (Å²) in [6.45, 7) is 3.21. The molecule has 0 unspecified atom stereocenters. The molecule has 0 atom stereocenters. The van der Waals surface area contributed by atoms with E-state index in [9.17, 15) is 0 Å². The lowest BCUT2D eigenvalue weighted by Crippen LogP contribution is -2.36. The first-order valence-electron chi connectivity index (χ1n) is 5.57. The molecule has 2 rings (SSSR count). The molecule has 1 fully saturated rings. The van der Waals surface area contributed by atoms with Crippen LogP contribution < -0.4 is 4.90 Å². The highest BCUT2D eigenvalue weighted by Gasteiger charge is 2.12. The fourth-order valence-corrected chi connectivity index (χ4v) is 1.98. The lowest BCUT2D eigenvalue weighted by Gasteiger charge is -2.29. The van der Waals surface area contributed by atoms with Crippen LogP contribution in [0.5, 0.6) is 0 Å². The monoisotopic (exact) mass is 254 g/mol. The molecule has 1 aliphatic heterocycles. The van der Waals surface area contributed by atoms with Crippen LogP contribution >= 0.6 is 11.6 Å². The summed E-state index contributed by atoms with van der Waals surface area (Å²) < 4.78 is 5.31. The maximum Gasteiger partial charge on any atom is 0.131 e. The Bertz CT molecular complexity index is 403. The van der Waals surface area contributed by atoms with Crippen molar-refractivity contribution in [1.82, 2.24) is 4.98 Å². The van der Waals surface area contributed by atoms with E-state index in [-0.39, 0.29) is 6.61 Å². The Labute approximate surface area is 105 Å². The summed E-state index contributed by atoms with van der Waals surface area (Å²) >= 11 is 5.98. The fraction of sp³-hybridized carbons (Fsp3) is 0.417. The van der Waals surface area contributed by atoms with Gasteiger partial charge in [-0.3, -0.25) is 0 Å². The number of halogens is 1. The van der Waals surface area contributed by atoms with Gasteiger partial charge in [-0.05, 0) is 18.2 Å². The van der Waals surface area contributed by atoms with Gasteiger partial charge in [-0.1, -0.05) is 17.7 Å². The van der Waals surface area contributed by atoms with E-state index in [4.69, 9.17) is 21.4 Å². The van der Waals surface area contributed by atoms with Crippen LogP contribution in [0.4, 0.5) is 5.69 Å². The fourth-order valence-electron chi connectivity index (χ4n) is 1.77. The van der Waals surface area contributed by atoms with Crippen LogP contribution in [-0.2, 0) is 4.74 Å². The van der Waals surface area contributed by atoms with Crippen molar-refractivity contribution in [2.75, 3.05) is 37.8 Å². The summed E-state index contributed by atoms with van der Waals surface area (Å²) in [6.07, 6.45) is 3.40. The number of aliphatic hydroxyl groups is 1. The minimum atomic E-state index is 0.00107. The molecule has 2 heterocycles. The molecule has 17 heavy (non-hydrogen) atoms. The molecular weight excluding hydrogens is 240 g/mol. The lowest BCUT2D eigenvalue weighted by atomic mass is 10.2. The normalized spacial score (nSPS) is 16.7. The third-order valence-electron chi connectivity index (χ3n) is 2.57. The number of anilines is 1. The van der Waals surface area contributed by atoms with Crippen molar-refractivity contribution in [3.63, 3.8) is 0 Å². The molecular formula is C12H15ClN2O2. The van der Waals surface area contributed by atoms with Gasteiger partial charge in [0.15, 0.2) is 0 Å². The van der Waals surface area contributed by atoms with Crippen LogP contribution in [-0.4, -0.2) is 43.0 Å². The molecule has 0 spiro atoms. The number of aliphatic hydroxyl groups excluding tert-OH is 1.